The van der Waals surface area contributed by atoms with E-state index in [-0.39, 0.29) is 0 Å². The number of hydrogen-bond acceptors (Lipinski definition) is 4. The molecule has 156 valence electrons. The number of rotatable bonds is 7. The molecule has 0 spiro atoms. The molecule has 0 atom stereocenters. The van der Waals surface area contributed by atoms with E-state index in [1.165, 1.54) is 15.3 Å². The Morgan fingerprint density at radius 1 is 1.10 bits per heavy atom. The van der Waals surface area contributed by atoms with Crippen LogP contribution in [0.5, 0.6) is 0 Å². The molecule has 5 heteroatoms. The molecular weight excluding hydrogens is 408 g/mol. The summed E-state index contributed by atoms with van der Waals surface area (Å²) >= 11 is 3.48. The maximum atomic E-state index is 10.6. The summed E-state index contributed by atoms with van der Waals surface area (Å²) in [5.74, 6) is 0. The van der Waals surface area contributed by atoms with Gasteiger partial charge in [-0.15, -0.1) is 23.1 Å². The fourth-order valence-corrected chi connectivity index (χ4v) is 4.48. The average molecular weight is 437 g/mol. The van der Waals surface area contributed by atoms with Crippen molar-refractivity contribution in [3.63, 3.8) is 0 Å². The van der Waals surface area contributed by atoms with Crippen molar-refractivity contribution in [1.82, 2.24) is 9.78 Å². The molecule has 0 saturated heterocycles. The molecule has 1 N–H and O–H groups in total. The van der Waals surface area contributed by atoms with Crippen molar-refractivity contribution in [2.24, 2.45) is 0 Å². The van der Waals surface area contributed by atoms with Gasteiger partial charge in [-0.3, -0.25) is 0 Å². The monoisotopic (exact) mass is 436 g/mol. The molecule has 0 aliphatic carbocycles. The molecule has 0 aliphatic heterocycles. The number of allylic oxidation sites excluding steroid dienone is 6. The van der Waals surface area contributed by atoms with Gasteiger partial charge in [0.15, 0.2) is 0 Å². The van der Waals surface area contributed by atoms with Gasteiger partial charge in [0.1, 0.15) is 5.60 Å². The lowest BCUT2D eigenvalue weighted by molar-refractivity contribution is 0.0735. The largest absolute Gasteiger partial charge is 0.384 e. The van der Waals surface area contributed by atoms with Gasteiger partial charge >= 0.3 is 0 Å². The highest BCUT2D eigenvalue weighted by Gasteiger charge is 2.24. The predicted octanol–water partition coefficient (Wildman–Crippen LogP) is 7.22. The van der Waals surface area contributed by atoms with Crippen LogP contribution in [0, 0.1) is 0 Å². The summed E-state index contributed by atoms with van der Waals surface area (Å²) in [6.07, 6.45) is 12.1. The Hall–Kier alpha value is -2.34. The van der Waals surface area contributed by atoms with Crippen LogP contribution in [-0.2, 0) is 5.60 Å². The standard InChI is InChI=1S/C25H28N2OS2/c1-6-8-9-12-19(7-2)27-21(17-24(26-27)25(3,4)28)23-15-14-22(30-23)18-11-10-13-20(16-18)29-5/h6-17,28H,1-5H3/b8-6-,12-9-,19-7+. The third kappa shape index (κ3) is 5.04. The van der Waals surface area contributed by atoms with E-state index in [2.05, 4.69) is 42.7 Å². The second-order valence-corrected chi connectivity index (χ2v) is 9.34. The van der Waals surface area contributed by atoms with Crippen LogP contribution in [0.4, 0.5) is 0 Å². The molecule has 3 aromatic rings. The van der Waals surface area contributed by atoms with Gasteiger partial charge in [-0.2, -0.15) is 5.10 Å². The SMILES string of the molecule is C\C=C/C=C\C(=C/C)n1nc(C(C)(C)O)cc1-c1ccc(-c2cccc(SC)c2)s1. The van der Waals surface area contributed by atoms with Gasteiger partial charge in [0, 0.05) is 9.77 Å². The minimum absolute atomic E-state index is 0.649. The van der Waals surface area contributed by atoms with Crippen LogP contribution in [0.1, 0.15) is 33.4 Å². The Morgan fingerprint density at radius 2 is 1.87 bits per heavy atom. The fourth-order valence-electron chi connectivity index (χ4n) is 3.01. The van der Waals surface area contributed by atoms with Gasteiger partial charge in [-0.05, 0) is 75.9 Å². The van der Waals surface area contributed by atoms with Crippen LogP contribution in [0.2, 0.25) is 0 Å². The molecular formula is C25H28N2OS2. The summed E-state index contributed by atoms with van der Waals surface area (Å²) in [5.41, 5.74) is 2.78. The van der Waals surface area contributed by atoms with Crippen LogP contribution in [0.15, 0.2) is 77.7 Å². The van der Waals surface area contributed by atoms with Crippen LogP contribution in [0.25, 0.3) is 26.7 Å². The lowest BCUT2D eigenvalue weighted by Gasteiger charge is -2.13. The Labute approximate surface area is 187 Å². The fraction of sp³-hybridized carbons (Fsp3) is 0.240. The lowest BCUT2D eigenvalue weighted by Crippen LogP contribution is -2.16. The molecule has 0 bridgehead atoms. The number of thioether (sulfide) groups is 1. The van der Waals surface area contributed by atoms with E-state index in [0.29, 0.717) is 5.69 Å². The number of aliphatic hydroxyl groups is 1. The van der Waals surface area contributed by atoms with Crippen molar-refractivity contribution in [3.8, 4) is 21.0 Å². The molecule has 0 radical (unpaired) electrons. The summed E-state index contributed by atoms with van der Waals surface area (Å²) in [4.78, 5) is 3.58. The molecule has 3 rings (SSSR count). The first kappa shape index (κ1) is 22.3. The summed E-state index contributed by atoms with van der Waals surface area (Å²) in [5, 5.41) is 15.3. The zero-order valence-electron chi connectivity index (χ0n) is 18.1. The highest BCUT2D eigenvalue weighted by molar-refractivity contribution is 7.98. The normalized spacial score (nSPS) is 13.1. The van der Waals surface area contributed by atoms with E-state index in [9.17, 15) is 5.11 Å². The first-order chi connectivity index (χ1) is 14.4. The van der Waals surface area contributed by atoms with Crippen LogP contribution < -0.4 is 0 Å². The molecule has 0 saturated carbocycles. The highest BCUT2D eigenvalue weighted by Crippen LogP contribution is 2.37. The molecule has 0 unspecified atom stereocenters. The number of nitrogens with zero attached hydrogens (tertiary/aromatic N) is 2. The minimum Gasteiger partial charge on any atom is -0.384 e. The van der Waals surface area contributed by atoms with E-state index in [1.807, 2.05) is 55.0 Å². The van der Waals surface area contributed by atoms with E-state index in [0.717, 1.165) is 16.3 Å². The van der Waals surface area contributed by atoms with E-state index in [4.69, 9.17) is 5.10 Å². The van der Waals surface area contributed by atoms with Gasteiger partial charge in [-0.25, -0.2) is 4.68 Å². The molecule has 0 fully saturated rings. The van der Waals surface area contributed by atoms with Crippen molar-refractivity contribution in [3.05, 3.63) is 78.5 Å². The van der Waals surface area contributed by atoms with Crippen molar-refractivity contribution >= 4 is 28.8 Å². The Morgan fingerprint density at radius 3 is 2.53 bits per heavy atom. The Kier molecular flexibility index (Phi) is 7.19. The van der Waals surface area contributed by atoms with Gasteiger partial charge in [-0.1, -0.05) is 36.4 Å². The predicted molar refractivity (Wildman–Crippen MR) is 132 cm³/mol. The van der Waals surface area contributed by atoms with E-state index in [1.54, 1.807) is 36.9 Å². The number of benzene rings is 1. The highest BCUT2D eigenvalue weighted by atomic mass is 32.2. The summed E-state index contributed by atoms with van der Waals surface area (Å²) in [7, 11) is 0. The van der Waals surface area contributed by atoms with Crippen molar-refractivity contribution in [1.29, 1.82) is 0 Å². The molecule has 0 aliphatic rings. The molecule has 3 nitrogen and oxygen atoms in total. The van der Waals surface area contributed by atoms with Crippen LogP contribution in [0.3, 0.4) is 0 Å². The van der Waals surface area contributed by atoms with Crippen molar-refractivity contribution < 1.29 is 5.11 Å². The van der Waals surface area contributed by atoms with E-state index >= 15 is 0 Å². The first-order valence-electron chi connectivity index (χ1n) is 9.91. The maximum absolute atomic E-state index is 10.6. The topological polar surface area (TPSA) is 38.0 Å². The maximum Gasteiger partial charge on any atom is 0.103 e. The van der Waals surface area contributed by atoms with Gasteiger partial charge in [0.05, 0.1) is 22.0 Å². The lowest BCUT2D eigenvalue weighted by atomic mass is 10.1. The zero-order chi connectivity index (χ0) is 21.7. The zero-order valence-corrected chi connectivity index (χ0v) is 19.7. The molecule has 0 amide bonds. The molecule has 2 heterocycles. The number of thiophene rings is 1. The quantitative estimate of drug-likeness (QED) is 0.314. The molecule has 2 aromatic heterocycles. The molecule has 30 heavy (non-hydrogen) atoms. The summed E-state index contributed by atoms with van der Waals surface area (Å²) < 4.78 is 1.92. The van der Waals surface area contributed by atoms with Crippen molar-refractivity contribution in [2.75, 3.05) is 6.26 Å². The number of hydrogen-bond donors (Lipinski definition) is 1. The van der Waals surface area contributed by atoms with E-state index < -0.39 is 5.60 Å². The minimum atomic E-state index is -1.02. The Bertz CT molecular complexity index is 1090. The second-order valence-electron chi connectivity index (χ2n) is 7.38. The third-order valence-corrected chi connectivity index (χ3v) is 6.54. The van der Waals surface area contributed by atoms with Crippen LogP contribution >= 0.6 is 23.1 Å². The van der Waals surface area contributed by atoms with Gasteiger partial charge in [0.2, 0.25) is 0 Å². The second kappa shape index (κ2) is 9.65. The summed E-state index contributed by atoms with van der Waals surface area (Å²) in [6.45, 7) is 7.52. The third-order valence-electron chi connectivity index (χ3n) is 4.66. The first-order valence-corrected chi connectivity index (χ1v) is 11.9. The van der Waals surface area contributed by atoms with Crippen LogP contribution in [-0.4, -0.2) is 21.1 Å². The molecule has 1 aromatic carbocycles. The Balaban J connectivity index is 2.09. The average Bonchev–Trinajstić information content (AvgIpc) is 3.38. The van der Waals surface area contributed by atoms with Gasteiger partial charge < -0.3 is 5.11 Å². The number of aromatic nitrogens is 2. The summed E-state index contributed by atoms with van der Waals surface area (Å²) in [6, 6.07) is 14.9. The smallest absolute Gasteiger partial charge is 0.103 e. The van der Waals surface area contributed by atoms with Gasteiger partial charge in [0.25, 0.3) is 0 Å². The van der Waals surface area contributed by atoms with Crippen molar-refractivity contribution in [2.45, 2.75) is 38.2 Å².